The molecule has 0 aromatic rings. The lowest BCUT2D eigenvalue weighted by Gasteiger charge is -2.37. The van der Waals surface area contributed by atoms with Crippen molar-refractivity contribution in [2.24, 2.45) is 0 Å². The van der Waals surface area contributed by atoms with E-state index in [-0.39, 0.29) is 6.17 Å². The summed E-state index contributed by atoms with van der Waals surface area (Å²) in [5, 5.41) is 3.38. The van der Waals surface area contributed by atoms with Gasteiger partial charge < -0.3 is 4.90 Å². The van der Waals surface area contributed by atoms with E-state index in [0.717, 1.165) is 31.9 Å². The summed E-state index contributed by atoms with van der Waals surface area (Å²) in [4.78, 5) is 15.2. The first-order valence-electron chi connectivity index (χ1n) is 5.26. The number of nitrogens with one attached hydrogen (secondary N) is 1. The molecule has 0 spiro atoms. The van der Waals surface area contributed by atoms with Crippen molar-refractivity contribution in [3.8, 4) is 0 Å². The Balaban J connectivity index is 2.11. The highest BCUT2D eigenvalue weighted by atomic mass is 16.1. The van der Waals surface area contributed by atoms with E-state index in [9.17, 15) is 4.79 Å². The highest BCUT2D eigenvalue weighted by Crippen LogP contribution is 2.18. The van der Waals surface area contributed by atoms with Crippen molar-refractivity contribution >= 4 is 5.94 Å². The first kappa shape index (κ1) is 9.71. The minimum absolute atomic E-state index is 0.105. The van der Waals surface area contributed by atoms with Crippen molar-refractivity contribution in [1.82, 2.24) is 15.1 Å². The van der Waals surface area contributed by atoms with Gasteiger partial charge in [0.15, 0.2) is 0 Å². The number of carbonyl (C=O) groups excluding carboxylic acids is 1. The van der Waals surface area contributed by atoms with Crippen LogP contribution >= 0.6 is 0 Å². The summed E-state index contributed by atoms with van der Waals surface area (Å²) in [5.41, 5.74) is 0.762. The summed E-state index contributed by atoms with van der Waals surface area (Å²) in [6.45, 7) is 4.03. The quantitative estimate of drug-likeness (QED) is 0.581. The van der Waals surface area contributed by atoms with Gasteiger partial charge in [-0.05, 0) is 12.8 Å². The number of hydrogen-bond acceptors (Lipinski definition) is 4. The van der Waals surface area contributed by atoms with Crippen LogP contribution in [0, 0.1) is 0 Å². The van der Waals surface area contributed by atoms with Gasteiger partial charge in [0.1, 0.15) is 17.8 Å². The minimum Gasteiger partial charge on any atom is -0.365 e. The summed E-state index contributed by atoms with van der Waals surface area (Å²) >= 11 is 0. The normalized spacial score (nSPS) is 29.4. The number of likely N-dealkylation sites (N-methyl/N-ethyl adjacent to an activating group) is 1. The number of rotatable bonds is 1. The highest BCUT2D eigenvalue weighted by molar-refractivity contribution is 5.54. The van der Waals surface area contributed by atoms with Crippen LogP contribution in [-0.2, 0) is 4.79 Å². The number of nitrogens with zero attached hydrogens (tertiary/aromatic N) is 2. The fourth-order valence-electron chi connectivity index (χ4n) is 2.23. The summed E-state index contributed by atoms with van der Waals surface area (Å²) in [6.07, 6.45) is 2.59. The van der Waals surface area contributed by atoms with E-state index in [2.05, 4.69) is 16.2 Å². The Hall–Kier alpha value is -0.830. The van der Waals surface area contributed by atoms with Gasteiger partial charge in [-0.25, -0.2) is 4.79 Å². The Kier molecular flexibility index (Phi) is 2.87. The largest absolute Gasteiger partial charge is 0.365 e. The molecule has 4 nitrogen and oxygen atoms in total. The fourth-order valence-corrected chi connectivity index (χ4v) is 2.23. The Morgan fingerprint density at radius 3 is 2.71 bits per heavy atom. The molecule has 1 unspecified atom stereocenters. The van der Waals surface area contributed by atoms with Gasteiger partial charge in [-0.2, -0.15) is 0 Å². The molecule has 0 amide bonds. The molecule has 0 aromatic carbocycles. The van der Waals surface area contributed by atoms with Crippen LogP contribution in [0.15, 0.2) is 5.70 Å². The first-order chi connectivity index (χ1) is 6.83. The lowest BCUT2D eigenvalue weighted by Crippen LogP contribution is -2.55. The SMILES string of the molecule is CN1CCNC(N2CCCC2)C1=C=O. The van der Waals surface area contributed by atoms with Crippen molar-refractivity contribution in [2.45, 2.75) is 19.0 Å². The van der Waals surface area contributed by atoms with Crippen LogP contribution in [0.3, 0.4) is 0 Å². The second kappa shape index (κ2) is 4.13. The smallest absolute Gasteiger partial charge is 0.148 e. The maximum atomic E-state index is 10.9. The van der Waals surface area contributed by atoms with Crippen molar-refractivity contribution in [3.63, 3.8) is 0 Å². The zero-order valence-corrected chi connectivity index (χ0v) is 8.62. The molecule has 2 fully saturated rings. The molecular formula is C10H17N3O. The van der Waals surface area contributed by atoms with E-state index in [1.165, 1.54) is 12.8 Å². The molecule has 2 rings (SSSR count). The molecule has 1 atom stereocenters. The molecule has 2 heterocycles. The Bertz CT molecular complexity index is 254. The molecule has 2 aliphatic heterocycles. The molecule has 0 radical (unpaired) electrons. The van der Waals surface area contributed by atoms with Crippen molar-refractivity contribution in [2.75, 3.05) is 33.2 Å². The standard InChI is InChI=1S/C10H17N3O/c1-12-7-4-11-10(9(12)8-14)13-5-2-3-6-13/h10-11H,2-7H2,1H3. The highest BCUT2D eigenvalue weighted by Gasteiger charge is 2.30. The van der Waals surface area contributed by atoms with E-state index < -0.39 is 0 Å². The molecular weight excluding hydrogens is 178 g/mol. The van der Waals surface area contributed by atoms with E-state index in [0.29, 0.717) is 0 Å². The molecule has 0 aromatic heterocycles. The molecule has 0 aliphatic carbocycles. The fraction of sp³-hybridized carbons (Fsp3) is 0.800. The zero-order valence-electron chi connectivity index (χ0n) is 8.62. The van der Waals surface area contributed by atoms with Gasteiger partial charge in [0, 0.05) is 33.2 Å². The van der Waals surface area contributed by atoms with Crippen LogP contribution in [0.1, 0.15) is 12.8 Å². The van der Waals surface area contributed by atoms with Gasteiger partial charge in [0.2, 0.25) is 0 Å². The molecule has 2 saturated heterocycles. The van der Waals surface area contributed by atoms with Crippen LogP contribution in [-0.4, -0.2) is 55.1 Å². The first-order valence-corrected chi connectivity index (χ1v) is 5.26. The van der Waals surface area contributed by atoms with Gasteiger partial charge in [-0.15, -0.1) is 0 Å². The predicted molar refractivity (Wildman–Crippen MR) is 54.4 cm³/mol. The molecule has 2 aliphatic rings. The molecule has 0 bridgehead atoms. The Morgan fingerprint density at radius 2 is 2.07 bits per heavy atom. The Morgan fingerprint density at radius 1 is 1.36 bits per heavy atom. The van der Waals surface area contributed by atoms with Gasteiger partial charge in [0.05, 0.1) is 0 Å². The van der Waals surface area contributed by atoms with Gasteiger partial charge in [-0.1, -0.05) is 0 Å². The third kappa shape index (κ3) is 1.69. The van der Waals surface area contributed by atoms with E-state index in [4.69, 9.17) is 0 Å². The average molecular weight is 195 g/mol. The summed E-state index contributed by atoms with van der Waals surface area (Å²) in [5.74, 6) is 2.07. The zero-order chi connectivity index (χ0) is 9.97. The van der Waals surface area contributed by atoms with Crippen LogP contribution in [0.4, 0.5) is 0 Å². The average Bonchev–Trinajstić information content (AvgIpc) is 2.70. The second-order valence-electron chi connectivity index (χ2n) is 4.01. The van der Waals surface area contributed by atoms with Crippen molar-refractivity contribution in [1.29, 1.82) is 0 Å². The summed E-state index contributed by atoms with van der Waals surface area (Å²) in [6, 6.07) is 0. The van der Waals surface area contributed by atoms with Gasteiger partial charge in [-0.3, -0.25) is 10.2 Å². The van der Waals surface area contributed by atoms with Crippen LogP contribution in [0.5, 0.6) is 0 Å². The van der Waals surface area contributed by atoms with E-state index in [1.54, 1.807) is 0 Å². The second-order valence-corrected chi connectivity index (χ2v) is 4.01. The topological polar surface area (TPSA) is 35.6 Å². The van der Waals surface area contributed by atoms with Crippen LogP contribution < -0.4 is 5.32 Å². The third-order valence-corrected chi connectivity index (χ3v) is 3.07. The molecule has 14 heavy (non-hydrogen) atoms. The van der Waals surface area contributed by atoms with E-state index >= 15 is 0 Å². The number of hydrogen-bond donors (Lipinski definition) is 1. The molecule has 78 valence electrons. The monoisotopic (exact) mass is 195 g/mol. The number of likely N-dealkylation sites (tertiary alicyclic amines) is 1. The van der Waals surface area contributed by atoms with Gasteiger partial charge >= 0.3 is 0 Å². The van der Waals surface area contributed by atoms with Crippen molar-refractivity contribution in [3.05, 3.63) is 5.70 Å². The van der Waals surface area contributed by atoms with Crippen LogP contribution in [0.2, 0.25) is 0 Å². The Labute approximate surface area is 84.6 Å². The molecule has 1 N–H and O–H groups in total. The molecule has 0 saturated carbocycles. The predicted octanol–water partition coefficient (Wildman–Crippen LogP) is -0.341. The summed E-state index contributed by atoms with van der Waals surface area (Å²) in [7, 11) is 1.96. The third-order valence-electron chi connectivity index (χ3n) is 3.07. The molecule has 4 heteroatoms. The summed E-state index contributed by atoms with van der Waals surface area (Å²) < 4.78 is 0. The number of piperazine rings is 1. The van der Waals surface area contributed by atoms with Gasteiger partial charge in [0.25, 0.3) is 0 Å². The lowest BCUT2D eigenvalue weighted by atomic mass is 10.2. The van der Waals surface area contributed by atoms with Crippen LogP contribution in [0.25, 0.3) is 0 Å². The minimum atomic E-state index is 0.105. The maximum Gasteiger partial charge on any atom is 0.148 e. The maximum absolute atomic E-state index is 10.9. The van der Waals surface area contributed by atoms with Crippen molar-refractivity contribution < 1.29 is 4.79 Å². The van der Waals surface area contributed by atoms with E-state index in [1.807, 2.05) is 11.9 Å². The lowest BCUT2D eigenvalue weighted by molar-refractivity contribution is 0.167.